The van der Waals surface area contributed by atoms with Crippen LogP contribution in [0.4, 0.5) is 0 Å². The smallest absolute Gasteiger partial charge is 0.351 e. The van der Waals surface area contributed by atoms with Crippen molar-refractivity contribution in [2.45, 2.75) is 90.9 Å². The van der Waals surface area contributed by atoms with Crippen LogP contribution in [0.5, 0.6) is 5.75 Å². The second-order valence-corrected chi connectivity index (χ2v) is 8.59. The predicted molar refractivity (Wildman–Crippen MR) is 135 cm³/mol. The van der Waals surface area contributed by atoms with Crippen LogP contribution < -0.4 is 5.63 Å². The van der Waals surface area contributed by atoms with Gasteiger partial charge in [-0.25, -0.2) is 4.79 Å². The van der Waals surface area contributed by atoms with E-state index in [0.29, 0.717) is 24.2 Å². The van der Waals surface area contributed by atoms with E-state index in [-0.39, 0.29) is 29.6 Å². The first-order chi connectivity index (χ1) is 16.3. The molecule has 0 aromatic carbocycles. The summed E-state index contributed by atoms with van der Waals surface area (Å²) in [6, 6.07) is 1.35. The predicted octanol–water partition coefficient (Wildman–Crippen LogP) is 6.78. The first-order valence-corrected chi connectivity index (χ1v) is 12.3. The highest BCUT2D eigenvalue weighted by molar-refractivity contribution is 6.09. The van der Waals surface area contributed by atoms with Gasteiger partial charge in [-0.1, -0.05) is 76.3 Å². The Hall–Kier alpha value is -2.89. The number of ether oxygens (including phenoxy) is 1. The van der Waals surface area contributed by atoms with Crippen LogP contribution in [0.15, 0.2) is 51.2 Å². The van der Waals surface area contributed by atoms with E-state index < -0.39 is 11.4 Å². The van der Waals surface area contributed by atoms with E-state index in [9.17, 15) is 19.5 Å². The lowest BCUT2D eigenvalue weighted by Crippen LogP contribution is -2.16. The van der Waals surface area contributed by atoms with Gasteiger partial charge in [-0.05, 0) is 38.2 Å². The molecule has 0 aliphatic heterocycles. The van der Waals surface area contributed by atoms with Crippen molar-refractivity contribution in [3.05, 3.63) is 63.8 Å². The standard InChI is InChI=1S/C28H40O6/c1-5-6-7-8-9-10-11-12-14-18-22(3)27(31)26-23(29)20-24(34-28(26)32)21(2)17-15-13-16-19-25(30)33-4/h12-14,16,18,20-21,29H,5-11,15,17,19H2,1-4H3/b14-12+,16-13+,22-18+/t21-/m1/s1. The number of ketones is 1. The highest BCUT2D eigenvalue weighted by Crippen LogP contribution is 2.26. The quantitative estimate of drug-likeness (QED) is 0.0711. The fraction of sp³-hybridized carbons (Fsp3) is 0.536. The van der Waals surface area contributed by atoms with E-state index in [0.717, 1.165) is 12.8 Å². The maximum absolute atomic E-state index is 12.7. The number of hydrogen-bond acceptors (Lipinski definition) is 6. The van der Waals surface area contributed by atoms with Crippen LogP contribution >= 0.6 is 0 Å². The summed E-state index contributed by atoms with van der Waals surface area (Å²) in [6.45, 7) is 5.69. The Labute approximate surface area is 203 Å². The van der Waals surface area contributed by atoms with E-state index in [1.165, 1.54) is 45.3 Å². The molecule has 0 spiro atoms. The van der Waals surface area contributed by atoms with E-state index in [4.69, 9.17) is 4.42 Å². The Balaban J connectivity index is 2.66. The van der Waals surface area contributed by atoms with Crippen molar-refractivity contribution in [1.29, 1.82) is 0 Å². The zero-order chi connectivity index (χ0) is 25.3. The third-order valence-electron chi connectivity index (χ3n) is 5.67. The van der Waals surface area contributed by atoms with Gasteiger partial charge in [0, 0.05) is 12.0 Å². The highest BCUT2D eigenvalue weighted by Gasteiger charge is 2.21. The van der Waals surface area contributed by atoms with Crippen molar-refractivity contribution in [3.8, 4) is 5.75 Å². The maximum atomic E-state index is 12.7. The van der Waals surface area contributed by atoms with Gasteiger partial charge in [-0.15, -0.1) is 0 Å². The maximum Gasteiger partial charge on any atom is 0.351 e. The topological polar surface area (TPSA) is 93.8 Å². The number of hydrogen-bond donors (Lipinski definition) is 1. The van der Waals surface area contributed by atoms with Crippen LogP contribution in [0.2, 0.25) is 0 Å². The highest BCUT2D eigenvalue weighted by atomic mass is 16.5. The molecule has 1 aromatic heterocycles. The number of Topliss-reactive ketones (excluding diaryl/α,β-unsaturated/α-hetero) is 1. The summed E-state index contributed by atoms with van der Waals surface area (Å²) in [5, 5.41) is 10.4. The molecule has 1 atom stereocenters. The van der Waals surface area contributed by atoms with Gasteiger partial charge in [0.2, 0.25) is 0 Å². The Morgan fingerprint density at radius 2 is 1.79 bits per heavy atom. The average Bonchev–Trinajstić information content (AvgIpc) is 2.81. The van der Waals surface area contributed by atoms with Crippen LogP contribution in [0.3, 0.4) is 0 Å². The lowest BCUT2D eigenvalue weighted by atomic mass is 9.99. The van der Waals surface area contributed by atoms with Crippen molar-refractivity contribution in [3.63, 3.8) is 0 Å². The average molecular weight is 473 g/mol. The monoisotopic (exact) mass is 472 g/mol. The minimum absolute atomic E-state index is 0.146. The zero-order valence-corrected chi connectivity index (χ0v) is 21.1. The number of carbonyl (C=O) groups is 2. The van der Waals surface area contributed by atoms with E-state index in [2.05, 4.69) is 11.7 Å². The number of methoxy groups -OCH3 is 1. The number of esters is 1. The largest absolute Gasteiger partial charge is 0.507 e. The molecule has 0 bridgehead atoms. The molecule has 34 heavy (non-hydrogen) atoms. The van der Waals surface area contributed by atoms with Crippen molar-refractivity contribution < 1.29 is 23.8 Å². The number of aromatic hydroxyl groups is 1. The third kappa shape index (κ3) is 10.8. The van der Waals surface area contributed by atoms with Gasteiger partial charge in [-0.2, -0.15) is 0 Å². The van der Waals surface area contributed by atoms with E-state index in [1.54, 1.807) is 19.1 Å². The molecule has 1 aromatic rings. The summed E-state index contributed by atoms with van der Waals surface area (Å²) < 4.78 is 9.92. The SMILES string of the molecule is CCCCCCCC/C=C/C=C(\C)C(=O)c1c(O)cc([C@H](C)CC/C=C/CC(=O)OC)oc1=O. The van der Waals surface area contributed by atoms with Crippen LogP contribution in [-0.4, -0.2) is 24.0 Å². The van der Waals surface area contributed by atoms with Crippen LogP contribution in [0, 0.1) is 0 Å². The molecule has 0 amide bonds. The fourth-order valence-electron chi connectivity index (χ4n) is 3.44. The van der Waals surface area contributed by atoms with E-state index in [1.807, 2.05) is 25.2 Å². The molecule has 188 valence electrons. The summed E-state index contributed by atoms with van der Waals surface area (Å²) in [7, 11) is 1.34. The number of rotatable bonds is 16. The van der Waals surface area contributed by atoms with Gasteiger partial charge in [0.15, 0.2) is 5.78 Å². The number of unbranched alkanes of at least 4 members (excludes halogenated alkanes) is 6. The normalized spacial score (nSPS) is 13.0. The second kappa shape index (κ2) is 16.7. The number of allylic oxidation sites excluding steroid dienone is 5. The molecular formula is C28H40O6. The minimum Gasteiger partial charge on any atom is -0.507 e. The van der Waals surface area contributed by atoms with Crippen molar-refractivity contribution in [2.75, 3.05) is 7.11 Å². The van der Waals surface area contributed by atoms with Crippen LogP contribution in [-0.2, 0) is 9.53 Å². The van der Waals surface area contributed by atoms with Gasteiger partial charge in [0.05, 0.1) is 13.5 Å². The summed E-state index contributed by atoms with van der Waals surface area (Å²) in [4.78, 5) is 36.2. The van der Waals surface area contributed by atoms with Gasteiger partial charge >= 0.3 is 11.6 Å². The molecule has 0 aliphatic carbocycles. The second-order valence-electron chi connectivity index (χ2n) is 8.59. The molecule has 1 rings (SSSR count). The summed E-state index contributed by atoms with van der Waals surface area (Å²) in [6.07, 6.45) is 18.9. The summed E-state index contributed by atoms with van der Waals surface area (Å²) >= 11 is 0. The Kier molecular flexibility index (Phi) is 14.3. The van der Waals surface area contributed by atoms with Crippen LogP contribution in [0.25, 0.3) is 0 Å². The molecule has 1 N–H and O–H groups in total. The third-order valence-corrected chi connectivity index (χ3v) is 5.67. The molecular weight excluding hydrogens is 432 g/mol. The van der Waals surface area contributed by atoms with E-state index >= 15 is 0 Å². The molecule has 1 heterocycles. The molecule has 0 fully saturated rings. The molecule has 6 heteroatoms. The molecule has 0 saturated carbocycles. The lowest BCUT2D eigenvalue weighted by molar-refractivity contribution is -0.139. The van der Waals surface area contributed by atoms with Gasteiger partial charge in [0.1, 0.15) is 17.1 Å². The number of carbonyl (C=O) groups excluding carboxylic acids is 2. The van der Waals surface area contributed by atoms with Gasteiger partial charge in [-0.3, -0.25) is 9.59 Å². The van der Waals surface area contributed by atoms with Gasteiger partial charge in [0.25, 0.3) is 0 Å². The fourth-order valence-corrected chi connectivity index (χ4v) is 3.44. The molecule has 6 nitrogen and oxygen atoms in total. The summed E-state index contributed by atoms with van der Waals surface area (Å²) in [5.74, 6) is -1.04. The van der Waals surface area contributed by atoms with Crippen LogP contribution in [0.1, 0.15) is 107 Å². The first-order valence-electron chi connectivity index (χ1n) is 12.3. The minimum atomic E-state index is -0.836. The molecule has 0 aliphatic rings. The summed E-state index contributed by atoms with van der Waals surface area (Å²) in [5.41, 5.74) is -0.817. The first kappa shape index (κ1) is 29.1. The molecule has 0 unspecified atom stereocenters. The van der Waals surface area contributed by atoms with Gasteiger partial charge < -0.3 is 14.3 Å². The van der Waals surface area contributed by atoms with Crippen molar-refractivity contribution in [2.24, 2.45) is 0 Å². The Morgan fingerprint density at radius 3 is 2.47 bits per heavy atom. The molecule has 0 saturated heterocycles. The van der Waals surface area contributed by atoms with Crippen molar-refractivity contribution >= 4 is 11.8 Å². The zero-order valence-electron chi connectivity index (χ0n) is 21.1. The molecule has 0 radical (unpaired) electrons. The lowest BCUT2D eigenvalue weighted by Gasteiger charge is -2.11. The van der Waals surface area contributed by atoms with Crippen molar-refractivity contribution in [1.82, 2.24) is 0 Å². The Bertz CT molecular complexity index is 919. The Morgan fingerprint density at radius 1 is 1.09 bits per heavy atom.